The lowest BCUT2D eigenvalue weighted by molar-refractivity contribution is -0.119. The van der Waals surface area contributed by atoms with Gasteiger partial charge in [0.2, 0.25) is 6.41 Å². The van der Waals surface area contributed by atoms with Gasteiger partial charge in [0.1, 0.15) is 5.69 Å². The molecule has 1 saturated heterocycles. The second kappa shape index (κ2) is 9.00. The monoisotopic (exact) mass is 332 g/mol. The number of rotatable bonds is 7. The maximum absolute atomic E-state index is 12.5. The van der Waals surface area contributed by atoms with Crippen LogP contribution < -0.4 is 5.32 Å². The lowest BCUT2D eigenvalue weighted by atomic mass is 10.2. The highest BCUT2D eigenvalue weighted by atomic mass is 16.2. The molecule has 0 spiro atoms. The van der Waals surface area contributed by atoms with Crippen LogP contribution in [0.25, 0.3) is 0 Å². The minimum absolute atomic E-state index is 0.187. The van der Waals surface area contributed by atoms with Crippen LogP contribution in [-0.4, -0.2) is 65.7 Å². The standard InChI is InChI=1S/C17H24N4O3/c1-2-3-4-6-19-16(23)14-5-7-18-15(12-14)17(24)21-10-8-20(13-22)9-11-21/h5,7,12-13H,2-4,6,8-11H2,1H3,(H,19,23). The van der Waals surface area contributed by atoms with E-state index >= 15 is 0 Å². The molecule has 0 atom stereocenters. The van der Waals surface area contributed by atoms with E-state index in [-0.39, 0.29) is 17.5 Å². The number of aromatic nitrogens is 1. The maximum Gasteiger partial charge on any atom is 0.272 e. The molecule has 1 fully saturated rings. The van der Waals surface area contributed by atoms with Crippen LogP contribution in [0.4, 0.5) is 0 Å². The highest BCUT2D eigenvalue weighted by Gasteiger charge is 2.22. The summed E-state index contributed by atoms with van der Waals surface area (Å²) in [4.78, 5) is 42.7. The maximum atomic E-state index is 12.5. The molecule has 0 saturated carbocycles. The molecule has 0 aromatic carbocycles. The second-order valence-electron chi connectivity index (χ2n) is 5.83. The molecule has 130 valence electrons. The number of hydrogen-bond donors (Lipinski definition) is 1. The van der Waals surface area contributed by atoms with Gasteiger partial charge in [-0.05, 0) is 18.6 Å². The van der Waals surface area contributed by atoms with Crippen molar-refractivity contribution in [3.63, 3.8) is 0 Å². The molecule has 7 heteroatoms. The van der Waals surface area contributed by atoms with Crippen LogP contribution in [0.2, 0.25) is 0 Å². The van der Waals surface area contributed by atoms with E-state index in [1.165, 1.54) is 12.3 Å². The Hall–Kier alpha value is -2.44. The zero-order valence-electron chi connectivity index (χ0n) is 14.0. The summed E-state index contributed by atoms with van der Waals surface area (Å²) in [6.07, 6.45) is 5.40. The van der Waals surface area contributed by atoms with E-state index in [1.54, 1.807) is 15.9 Å². The first-order valence-corrected chi connectivity index (χ1v) is 8.38. The summed E-state index contributed by atoms with van der Waals surface area (Å²) in [7, 11) is 0. The molecular formula is C17H24N4O3. The van der Waals surface area contributed by atoms with Gasteiger partial charge in [-0.15, -0.1) is 0 Å². The lowest BCUT2D eigenvalue weighted by Gasteiger charge is -2.32. The normalized spacial score (nSPS) is 14.4. The van der Waals surface area contributed by atoms with Gasteiger partial charge in [-0.3, -0.25) is 19.4 Å². The molecule has 24 heavy (non-hydrogen) atoms. The van der Waals surface area contributed by atoms with Crippen molar-refractivity contribution in [3.05, 3.63) is 29.6 Å². The largest absolute Gasteiger partial charge is 0.352 e. The molecule has 1 aromatic rings. The molecule has 1 N–H and O–H groups in total. The zero-order valence-corrected chi connectivity index (χ0v) is 14.0. The fourth-order valence-electron chi connectivity index (χ4n) is 2.56. The molecule has 1 aliphatic rings. The van der Waals surface area contributed by atoms with E-state index in [9.17, 15) is 14.4 Å². The van der Waals surface area contributed by atoms with Crippen LogP contribution in [0.1, 0.15) is 47.0 Å². The molecule has 2 rings (SSSR count). The van der Waals surface area contributed by atoms with Crippen LogP contribution in [0, 0.1) is 0 Å². The van der Waals surface area contributed by atoms with Crippen molar-refractivity contribution in [1.29, 1.82) is 0 Å². The van der Waals surface area contributed by atoms with Crippen LogP contribution in [0.5, 0.6) is 0 Å². The molecule has 0 radical (unpaired) electrons. The summed E-state index contributed by atoms with van der Waals surface area (Å²) in [5.74, 6) is -0.394. The Kier molecular flexibility index (Phi) is 6.72. The Morgan fingerprint density at radius 2 is 2.00 bits per heavy atom. The molecule has 1 aromatic heterocycles. The van der Waals surface area contributed by atoms with Crippen LogP contribution in [-0.2, 0) is 4.79 Å². The molecule has 0 bridgehead atoms. The van der Waals surface area contributed by atoms with Crippen molar-refractivity contribution >= 4 is 18.2 Å². The lowest BCUT2D eigenvalue weighted by Crippen LogP contribution is -2.48. The third kappa shape index (κ3) is 4.78. The van der Waals surface area contributed by atoms with Crippen LogP contribution in [0.15, 0.2) is 18.3 Å². The summed E-state index contributed by atoms with van der Waals surface area (Å²) in [6.45, 7) is 4.74. The number of piperazine rings is 1. The first-order valence-electron chi connectivity index (χ1n) is 8.38. The number of amides is 3. The molecule has 3 amide bonds. The molecule has 2 heterocycles. The number of hydrogen-bond acceptors (Lipinski definition) is 4. The van der Waals surface area contributed by atoms with Crippen molar-refractivity contribution in [1.82, 2.24) is 20.1 Å². The smallest absolute Gasteiger partial charge is 0.272 e. The van der Waals surface area contributed by atoms with Gasteiger partial charge in [0, 0.05) is 44.5 Å². The zero-order chi connectivity index (χ0) is 17.4. The van der Waals surface area contributed by atoms with E-state index in [2.05, 4.69) is 17.2 Å². The van der Waals surface area contributed by atoms with Gasteiger partial charge in [0.15, 0.2) is 0 Å². The number of unbranched alkanes of at least 4 members (excludes halogenated alkanes) is 2. The Labute approximate surface area is 142 Å². The summed E-state index contributed by atoms with van der Waals surface area (Å²) in [6, 6.07) is 3.14. The number of nitrogens with zero attached hydrogens (tertiary/aromatic N) is 3. The van der Waals surface area contributed by atoms with Crippen LogP contribution >= 0.6 is 0 Å². The van der Waals surface area contributed by atoms with Gasteiger partial charge in [-0.25, -0.2) is 0 Å². The van der Waals surface area contributed by atoms with E-state index in [0.29, 0.717) is 38.3 Å². The van der Waals surface area contributed by atoms with Gasteiger partial charge in [0.05, 0.1) is 0 Å². The van der Waals surface area contributed by atoms with Crippen LogP contribution in [0.3, 0.4) is 0 Å². The SMILES string of the molecule is CCCCCNC(=O)c1ccnc(C(=O)N2CCN(C=O)CC2)c1. The quantitative estimate of drug-likeness (QED) is 0.594. The predicted octanol–water partition coefficient (Wildman–Crippen LogP) is 0.916. The number of carbonyl (C=O) groups is 3. The second-order valence-corrected chi connectivity index (χ2v) is 5.83. The Balaban J connectivity index is 1.95. The van der Waals surface area contributed by atoms with E-state index in [0.717, 1.165) is 25.7 Å². The Bertz CT molecular complexity index is 583. The number of carbonyl (C=O) groups excluding carboxylic acids is 3. The molecule has 1 aliphatic heterocycles. The molecule has 7 nitrogen and oxygen atoms in total. The van der Waals surface area contributed by atoms with E-state index in [4.69, 9.17) is 0 Å². The highest BCUT2D eigenvalue weighted by Crippen LogP contribution is 2.08. The van der Waals surface area contributed by atoms with E-state index in [1.807, 2.05) is 0 Å². The van der Waals surface area contributed by atoms with Crippen molar-refractivity contribution in [3.8, 4) is 0 Å². The summed E-state index contributed by atoms with van der Waals surface area (Å²) in [5, 5.41) is 2.86. The highest BCUT2D eigenvalue weighted by molar-refractivity contribution is 5.98. The predicted molar refractivity (Wildman–Crippen MR) is 89.6 cm³/mol. The van der Waals surface area contributed by atoms with Gasteiger partial charge < -0.3 is 15.1 Å². The van der Waals surface area contributed by atoms with Crippen molar-refractivity contribution in [2.75, 3.05) is 32.7 Å². The number of nitrogens with one attached hydrogen (secondary N) is 1. The summed E-state index contributed by atoms with van der Waals surface area (Å²) >= 11 is 0. The van der Waals surface area contributed by atoms with Gasteiger partial charge in [-0.2, -0.15) is 0 Å². The Morgan fingerprint density at radius 1 is 1.25 bits per heavy atom. The third-order valence-electron chi connectivity index (χ3n) is 4.06. The van der Waals surface area contributed by atoms with E-state index < -0.39 is 0 Å². The van der Waals surface area contributed by atoms with Crippen molar-refractivity contribution in [2.45, 2.75) is 26.2 Å². The fourth-order valence-corrected chi connectivity index (χ4v) is 2.56. The first kappa shape index (κ1) is 17.9. The summed E-state index contributed by atoms with van der Waals surface area (Å²) < 4.78 is 0. The van der Waals surface area contributed by atoms with Gasteiger partial charge in [-0.1, -0.05) is 19.8 Å². The minimum Gasteiger partial charge on any atom is -0.352 e. The first-order chi connectivity index (χ1) is 11.7. The average molecular weight is 332 g/mol. The molecule has 0 unspecified atom stereocenters. The Morgan fingerprint density at radius 3 is 2.67 bits per heavy atom. The topological polar surface area (TPSA) is 82.6 Å². The average Bonchev–Trinajstić information content (AvgIpc) is 2.64. The van der Waals surface area contributed by atoms with Gasteiger partial charge in [0.25, 0.3) is 11.8 Å². The molecule has 0 aliphatic carbocycles. The van der Waals surface area contributed by atoms with Crippen molar-refractivity contribution in [2.24, 2.45) is 0 Å². The minimum atomic E-state index is -0.207. The fraction of sp³-hybridized carbons (Fsp3) is 0.529. The summed E-state index contributed by atoms with van der Waals surface area (Å²) in [5.41, 5.74) is 0.701. The molecular weight excluding hydrogens is 308 g/mol. The van der Waals surface area contributed by atoms with Gasteiger partial charge >= 0.3 is 0 Å². The number of pyridine rings is 1. The third-order valence-corrected chi connectivity index (χ3v) is 4.06. The van der Waals surface area contributed by atoms with Crippen molar-refractivity contribution < 1.29 is 14.4 Å².